The van der Waals surface area contributed by atoms with Crippen molar-refractivity contribution >= 4 is 12.3 Å². The van der Waals surface area contributed by atoms with E-state index in [1.165, 1.54) is 7.11 Å². The number of hydrogen-bond acceptors (Lipinski definition) is 5. The first-order valence-electron chi connectivity index (χ1n) is 5.58. The lowest BCUT2D eigenvalue weighted by molar-refractivity contribution is -0.126. The molecule has 0 saturated carbocycles. The number of rotatable bonds is 5. The van der Waals surface area contributed by atoms with Crippen molar-refractivity contribution in [1.82, 2.24) is 5.32 Å². The Kier molecular flexibility index (Phi) is 18.9. The van der Waals surface area contributed by atoms with Gasteiger partial charge in [-0.3, -0.25) is 9.59 Å². The number of methoxy groups -OCH3 is 1. The Labute approximate surface area is 105 Å². The Balaban J connectivity index is -0.000000188. The van der Waals surface area contributed by atoms with Crippen LogP contribution >= 0.6 is 0 Å². The molecule has 0 amide bonds. The molecule has 0 aliphatic carbocycles. The third-order valence-electron chi connectivity index (χ3n) is 1.14. The molecule has 0 radical (unpaired) electrons. The molecule has 0 aromatic rings. The first kappa shape index (κ1) is 21.4. The maximum Gasteiger partial charge on any atom is 0.292 e. The summed E-state index contributed by atoms with van der Waals surface area (Å²) in [5, 5.41) is 11.4. The van der Waals surface area contributed by atoms with Crippen LogP contribution in [0.1, 0.15) is 40.5 Å². The lowest BCUT2D eigenvalue weighted by atomic mass is 10.2. The summed E-state index contributed by atoms with van der Waals surface area (Å²) in [6, 6.07) is 0. The van der Waals surface area contributed by atoms with Crippen LogP contribution in [0.25, 0.3) is 0 Å². The number of carbonyl (C=O) groups excluding carboxylic acids is 2. The van der Waals surface area contributed by atoms with Crippen molar-refractivity contribution in [3.05, 3.63) is 0 Å². The molecule has 5 heteroatoms. The van der Waals surface area contributed by atoms with E-state index in [9.17, 15) is 4.79 Å². The molecule has 0 fully saturated rings. The quantitative estimate of drug-likeness (QED) is 0.715. The lowest BCUT2D eigenvalue weighted by Gasteiger charge is -2.04. The molecular weight excluding hydrogens is 222 g/mol. The van der Waals surface area contributed by atoms with Gasteiger partial charge in [0.05, 0.1) is 12.7 Å². The third-order valence-corrected chi connectivity index (χ3v) is 1.14. The van der Waals surface area contributed by atoms with E-state index in [1.807, 2.05) is 14.0 Å². The van der Waals surface area contributed by atoms with Gasteiger partial charge < -0.3 is 15.2 Å². The highest BCUT2D eigenvalue weighted by Crippen LogP contribution is 1.93. The van der Waals surface area contributed by atoms with Crippen LogP contribution in [0.4, 0.5) is 0 Å². The SMILES string of the molecule is CC(C)(C)O.CCC(=O)CCNC.COC=O. The fourth-order valence-electron chi connectivity index (χ4n) is 0.441. The van der Waals surface area contributed by atoms with Crippen LogP contribution in [0, 0.1) is 0 Å². The van der Waals surface area contributed by atoms with E-state index in [4.69, 9.17) is 9.90 Å². The maximum absolute atomic E-state index is 10.5. The average Bonchev–Trinajstić information content (AvgIpc) is 2.23. The van der Waals surface area contributed by atoms with Crippen LogP contribution in [0.3, 0.4) is 0 Å². The number of hydrogen-bond donors (Lipinski definition) is 2. The van der Waals surface area contributed by atoms with E-state index in [-0.39, 0.29) is 0 Å². The summed E-state index contributed by atoms with van der Waals surface area (Å²) in [5.74, 6) is 0.333. The third kappa shape index (κ3) is 69.9. The summed E-state index contributed by atoms with van der Waals surface area (Å²) < 4.78 is 3.86. The number of ketones is 1. The van der Waals surface area contributed by atoms with Gasteiger partial charge in [-0.2, -0.15) is 0 Å². The van der Waals surface area contributed by atoms with Crippen molar-refractivity contribution in [1.29, 1.82) is 0 Å². The molecule has 0 heterocycles. The molecule has 0 atom stereocenters. The van der Waals surface area contributed by atoms with E-state index >= 15 is 0 Å². The standard InChI is InChI=1S/C6H13NO.C4H10O.C2H4O2/c1-3-6(8)4-5-7-2;1-4(2,3)5;1-4-2-3/h7H,3-5H2,1-2H3;5H,1-3H3;2H,1H3. The molecule has 5 nitrogen and oxygen atoms in total. The molecule has 0 saturated heterocycles. The van der Waals surface area contributed by atoms with Gasteiger partial charge in [-0.1, -0.05) is 6.92 Å². The average molecular weight is 249 g/mol. The first-order valence-corrected chi connectivity index (χ1v) is 5.58. The number of carbonyl (C=O) groups is 2. The van der Waals surface area contributed by atoms with Crippen molar-refractivity contribution in [3.8, 4) is 0 Å². The Bertz CT molecular complexity index is 170. The molecular formula is C12H27NO4. The van der Waals surface area contributed by atoms with Gasteiger partial charge in [0, 0.05) is 19.4 Å². The van der Waals surface area contributed by atoms with Crippen LogP contribution in [-0.4, -0.2) is 43.7 Å². The minimum atomic E-state index is -0.500. The van der Waals surface area contributed by atoms with E-state index in [2.05, 4.69) is 10.1 Å². The Morgan fingerprint density at radius 1 is 1.41 bits per heavy atom. The Morgan fingerprint density at radius 3 is 1.94 bits per heavy atom. The number of Topliss-reactive ketones (excluding diaryl/α,β-unsaturated/α-hetero) is 1. The van der Waals surface area contributed by atoms with Crippen molar-refractivity contribution in [3.63, 3.8) is 0 Å². The van der Waals surface area contributed by atoms with E-state index in [0.717, 1.165) is 6.54 Å². The molecule has 0 aromatic carbocycles. The van der Waals surface area contributed by atoms with Crippen LogP contribution in [-0.2, 0) is 14.3 Å². The summed E-state index contributed by atoms with van der Waals surface area (Å²) in [6.07, 6.45) is 1.34. The number of nitrogens with one attached hydrogen (secondary N) is 1. The van der Waals surface area contributed by atoms with Crippen LogP contribution in [0.2, 0.25) is 0 Å². The highest BCUT2D eigenvalue weighted by Gasteiger charge is 1.97. The van der Waals surface area contributed by atoms with E-state index < -0.39 is 5.60 Å². The topological polar surface area (TPSA) is 75.6 Å². The summed E-state index contributed by atoms with van der Waals surface area (Å²) in [4.78, 5) is 19.5. The zero-order valence-corrected chi connectivity index (χ0v) is 11.9. The van der Waals surface area contributed by atoms with Crippen molar-refractivity contribution in [2.45, 2.75) is 46.1 Å². The molecule has 0 rings (SSSR count). The van der Waals surface area contributed by atoms with Crippen molar-refractivity contribution in [2.75, 3.05) is 20.7 Å². The van der Waals surface area contributed by atoms with Crippen molar-refractivity contribution in [2.24, 2.45) is 0 Å². The molecule has 0 bridgehead atoms. The minimum absolute atomic E-state index is 0.333. The maximum atomic E-state index is 10.5. The van der Waals surface area contributed by atoms with E-state index in [0.29, 0.717) is 25.1 Å². The van der Waals surface area contributed by atoms with Gasteiger partial charge in [0.25, 0.3) is 6.47 Å². The van der Waals surface area contributed by atoms with Gasteiger partial charge in [-0.15, -0.1) is 0 Å². The highest BCUT2D eigenvalue weighted by atomic mass is 16.5. The first-order chi connectivity index (χ1) is 7.72. The monoisotopic (exact) mass is 249 g/mol. The van der Waals surface area contributed by atoms with Crippen molar-refractivity contribution < 1.29 is 19.4 Å². The summed E-state index contributed by atoms with van der Waals surface area (Å²) in [6.45, 7) is 8.30. The Morgan fingerprint density at radius 2 is 1.76 bits per heavy atom. The second-order valence-electron chi connectivity index (χ2n) is 4.25. The van der Waals surface area contributed by atoms with Gasteiger partial charge >= 0.3 is 0 Å². The highest BCUT2D eigenvalue weighted by molar-refractivity contribution is 5.78. The van der Waals surface area contributed by atoms with Gasteiger partial charge in [0.2, 0.25) is 0 Å². The summed E-state index contributed by atoms with van der Waals surface area (Å²) in [7, 11) is 3.16. The molecule has 0 aliphatic rings. The molecule has 2 N–H and O–H groups in total. The molecule has 0 aliphatic heterocycles. The zero-order valence-electron chi connectivity index (χ0n) is 11.9. The second kappa shape index (κ2) is 15.1. The predicted octanol–water partition coefficient (Wildman–Crippen LogP) is 1.14. The van der Waals surface area contributed by atoms with Gasteiger partial charge in [-0.05, 0) is 27.8 Å². The van der Waals surface area contributed by atoms with E-state index in [1.54, 1.807) is 20.8 Å². The Hall–Kier alpha value is -0.940. The summed E-state index contributed by atoms with van der Waals surface area (Å²) >= 11 is 0. The smallest absolute Gasteiger partial charge is 0.292 e. The molecule has 17 heavy (non-hydrogen) atoms. The summed E-state index contributed by atoms with van der Waals surface area (Å²) in [5.41, 5.74) is -0.500. The van der Waals surface area contributed by atoms with Crippen LogP contribution in [0.5, 0.6) is 0 Å². The van der Waals surface area contributed by atoms with Gasteiger partial charge in [0.1, 0.15) is 5.78 Å². The fourth-order valence-corrected chi connectivity index (χ4v) is 0.441. The molecule has 0 spiro atoms. The van der Waals surface area contributed by atoms with Gasteiger partial charge in [0.15, 0.2) is 0 Å². The van der Waals surface area contributed by atoms with Crippen LogP contribution in [0.15, 0.2) is 0 Å². The normalized spacial score (nSPS) is 9.12. The lowest BCUT2D eigenvalue weighted by Crippen LogP contribution is -2.11. The van der Waals surface area contributed by atoms with Crippen LogP contribution < -0.4 is 5.32 Å². The number of aliphatic hydroxyl groups is 1. The largest absolute Gasteiger partial charge is 0.471 e. The second-order valence-corrected chi connectivity index (χ2v) is 4.25. The molecule has 0 aromatic heterocycles. The minimum Gasteiger partial charge on any atom is -0.471 e. The molecule has 0 unspecified atom stereocenters. The molecule has 104 valence electrons. The number of ether oxygens (including phenoxy) is 1. The zero-order chi connectivity index (χ0) is 14.3. The fraction of sp³-hybridized carbons (Fsp3) is 0.833. The predicted molar refractivity (Wildman–Crippen MR) is 68.9 cm³/mol. The van der Waals surface area contributed by atoms with Gasteiger partial charge in [-0.25, -0.2) is 0 Å².